The van der Waals surface area contributed by atoms with Gasteiger partial charge in [-0.2, -0.15) is 28.1 Å². The fourth-order valence-electron chi connectivity index (χ4n) is 4.33. The molecule has 1 saturated carbocycles. The number of aromatic nitrogens is 3. The van der Waals surface area contributed by atoms with Crippen LogP contribution in [0.5, 0.6) is 6.01 Å². The summed E-state index contributed by atoms with van der Waals surface area (Å²) in [5, 5.41) is 2.85. The Bertz CT molecular complexity index is 1380. The summed E-state index contributed by atoms with van der Waals surface area (Å²) in [6.45, 7) is 1.63. The number of halogens is 3. The highest BCUT2D eigenvalue weighted by atomic mass is 32.2. The molecule has 0 radical (unpaired) electrons. The average Bonchev–Trinajstić information content (AvgIpc) is 3.68. The minimum atomic E-state index is -4.61. The second kappa shape index (κ2) is 11.6. The summed E-state index contributed by atoms with van der Waals surface area (Å²) in [5.74, 6) is -0.917. The number of amides is 2. The highest BCUT2D eigenvalue weighted by Crippen LogP contribution is 2.43. The first kappa shape index (κ1) is 30.2. The molecule has 1 aliphatic heterocycles. The molecule has 1 saturated heterocycles. The highest BCUT2D eigenvalue weighted by Gasteiger charge is 2.55. The fourth-order valence-corrected chi connectivity index (χ4v) is 5.97. The SMILES string of the molecule is CC(=O)N1CCN(c2nc(Nc3ccc(C(=O)NS(=O)(=O)C4(CN(C)C)CC4)cc3)nc(OCC(F)(F)F)n2)CC1. The molecule has 1 aromatic heterocycles. The summed E-state index contributed by atoms with van der Waals surface area (Å²) in [6.07, 6.45) is -3.68. The maximum absolute atomic E-state index is 12.8. The number of alkyl halides is 3. The zero-order valence-corrected chi connectivity index (χ0v) is 23.5. The minimum Gasteiger partial charge on any atom is -0.454 e. The van der Waals surface area contributed by atoms with Crippen molar-refractivity contribution in [1.29, 1.82) is 0 Å². The predicted molar refractivity (Wildman–Crippen MR) is 142 cm³/mol. The number of ether oxygens (including phenoxy) is 1. The van der Waals surface area contributed by atoms with Crippen LogP contribution in [0.1, 0.15) is 30.1 Å². The lowest BCUT2D eigenvalue weighted by molar-refractivity contribution is -0.154. The number of sulfonamides is 1. The number of anilines is 3. The summed E-state index contributed by atoms with van der Waals surface area (Å²) in [6, 6.07) is 5.18. The summed E-state index contributed by atoms with van der Waals surface area (Å²) >= 11 is 0. The third-order valence-corrected chi connectivity index (χ3v) is 8.72. The lowest BCUT2D eigenvalue weighted by Gasteiger charge is -2.34. The Morgan fingerprint density at radius 3 is 2.22 bits per heavy atom. The van der Waals surface area contributed by atoms with E-state index in [1.165, 1.54) is 31.2 Å². The van der Waals surface area contributed by atoms with Gasteiger partial charge < -0.3 is 24.8 Å². The third-order valence-electron chi connectivity index (χ3n) is 6.59. The molecule has 2 fully saturated rings. The van der Waals surface area contributed by atoms with Gasteiger partial charge in [0.15, 0.2) is 6.61 Å². The Balaban J connectivity index is 1.48. The number of carbonyl (C=O) groups is 2. The van der Waals surface area contributed by atoms with Crippen LogP contribution >= 0.6 is 0 Å². The molecule has 0 spiro atoms. The van der Waals surface area contributed by atoms with Crippen LogP contribution in [-0.4, -0.2) is 109 Å². The van der Waals surface area contributed by atoms with Crippen molar-refractivity contribution < 1.29 is 35.9 Å². The van der Waals surface area contributed by atoms with E-state index >= 15 is 0 Å². The number of benzene rings is 1. The van der Waals surface area contributed by atoms with Gasteiger partial charge in [0.2, 0.25) is 27.8 Å². The molecule has 2 aliphatic rings. The lowest BCUT2D eigenvalue weighted by Crippen LogP contribution is -2.48. The van der Waals surface area contributed by atoms with Crippen LogP contribution in [-0.2, 0) is 14.8 Å². The second-order valence-electron chi connectivity index (χ2n) is 10.2. The van der Waals surface area contributed by atoms with E-state index in [1.807, 2.05) is 0 Å². The normalized spacial score (nSPS) is 16.9. The number of nitrogens with one attached hydrogen (secondary N) is 2. The number of hydrogen-bond acceptors (Lipinski definition) is 11. The average molecular weight is 601 g/mol. The Morgan fingerprint density at radius 1 is 1.05 bits per heavy atom. The zero-order valence-electron chi connectivity index (χ0n) is 22.7. The number of rotatable bonds is 10. The van der Waals surface area contributed by atoms with Gasteiger partial charge in [-0.3, -0.25) is 9.59 Å². The first-order valence-electron chi connectivity index (χ1n) is 12.7. The van der Waals surface area contributed by atoms with Crippen molar-refractivity contribution in [3.63, 3.8) is 0 Å². The van der Waals surface area contributed by atoms with Crippen LogP contribution in [0, 0.1) is 0 Å². The van der Waals surface area contributed by atoms with Gasteiger partial charge in [0.25, 0.3) is 5.91 Å². The maximum atomic E-state index is 12.8. The van der Waals surface area contributed by atoms with Crippen molar-refractivity contribution >= 4 is 39.4 Å². The van der Waals surface area contributed by atoms with Crippen molar-refractivity contribution in [2.45, 2.75) is 30.7 Å². The first-order chi connectivity index (χ1) is 19.2. The topological polar surface area (TPSA) is 150 Å². The molecule has 1 aromatic carbocycles. The molecule has 0 bridgehead atoms. The van der Waals surface area contributed by atoms with Gasteiger partial charge in [-0.25, -0.2) is 13.1 Å². The van der Waals surface area contributed by atoms with E-state index in [4.69, 9.17) is 4.74 Å². The predicted octanol–water partition coefficient (Wildman–Crippen LogP) is 1.38. The molecule has 2 heterocycles. The van der Waals surface area contributed by atoms with E-state index < -0.39 is 39.5 Å². The largest absolute Gasteiger partial charge is 0.454 e. The Hall–Kier alpha value is -3.73. The minimum absolute atomic E-state index is 0.0656. The fraction of sp³-hybridized carbons (Fsp3) is 0.542. The summed E-state index contributed by atoms with van der Waals surface area (Å²) in [7, 11) is -0.374. The maximum Gasteiger partial charge on any atom is 0.422 e. The van der Waals surface area contributed by atoms with Crippen LogP contribution in [0.4, 0.5) is 30.8 Å². The molecule has 4 rings (SSSR count). The Kier molecular flexibility index (Phi) is 8.58. The molecule has 2 N–H and O–H groups in total. The van der Waals surface area contributed by atoms with E-state index in [9.17, 15) is 31.2 Å². The van der Waals surface area contributed by atoms with E-state index in [0.717, 1.165) is 0 Å². The monoisotopic (exact) mass is 600 g/mol. The van der Waals surface area contributed by atoms with Gasteiger partial charge in [0.1, 0.15) is 4.75 Å². The summed E-state index contributed by atoms with van der Waals surface area (Å²) in [4.78, 5) is 41.6. The van der Waals surface area contributed by atoms with E-state index in [-0.39, 0.29) is 23.4 Å². The van der Waals surface area contributed by atoms with Gasteiger partial charge in [-0.15, -0.1) is 0 Å². The van der Waals surface area contributed by atoms with Crippen molar-refractivity contribution in [3.8, 4) is 6.01 Å². The molecule has 13 nitrogen and oxygen atoms in total. The van der Waals surface area contributed by atoms with Crippen LogP contribution in [0.3, 0.4) is 0 Å². The number of piperazine rings is 1. The third kappa shape index (κ3) is 7.72. The Morgan fingerprint density at radius 2 is 1.68 bits per heavy atom. The lowest BCUT2D eigenvalue weighted by atomic mass is 10.2. The smallest absolute Gasteiger partial charge is 0.422 e. The highest BCUT2D eigenvalue weighted by molar-refractivity contribution is 7.91. The number of hydrogen-bond donors (Lipinski definition) is 2. The zero-order chi connectivity index (χ0) is 30.0. The molecule has 2 aromatic rings. The molecule has 41 heavy (non-hydrogen) atoms. The summed E-state index contributed by atoms with van der Waals surface area (Å²) in [5.41, 5.74) is 0.463. The van der Waals surface area contributed by atoms with Gasteiger partial charge in [0, 0.05) is 50.9 Å². The van der Waals surface area contributed by atoms with Crippen LogP contribution in [0.15, 0.2) is 24.3 Å². The quantitative estimate of drug-likeness (QED) is 0.407. The van der Waals surface area contributed by atoms with Crippen LogP contribution < -0.4 is 19.7 Å². The molecular weight excluding hydrogens is 569 g/mol. The Labute approximate surface area is 235 Å². The molecule has 224 valence electrons. The van der Waals surface area contributed by atoms with Crippen LogP contribution in [0.25, 0.3) is 0 Å². The molecule has 0 unspecified atom stereocenters. The molecule has 17 heteroatoms. The van der Waals surface area contributed by atoms with Crippen molar-refractivity contribution in [2.24, 2.45) is 0 Å². The molecule has 0 atom stereocenters. The number of carbonyl (C=O) groups excluding carboxylic acids is 2. The van der Waals surface area contributed by atoms with Gasteiger partial charge in [-0.05, 0) is 51.2 Å². The van der Waals surface area contributed by atoms with Crippen molar-refractivity contribution in [1.82, 2.24) is 29.5 Å². The first-order valence-corrected chi connectivity index (χ1v) is 14.2. The number of nitrogens with zero attached hydrogens (tertiary/aromatic N) is 6. The van der Waals surface area contributed by atoms with Gasteiger partial charge in [-0.1, -0.05) is 0 Å². The van der Waals surface area contributed by atoms with E-state index in [1.54, 1.807) is 28.8 Å². The molecule has 1 aliphatic carbocycles. The van der Waals surface area contributed by atoms with Gasteiger partial charge >= 0.3 is 12.2 Å². The standard InChI is InChI=1S/C24H31F3N8O5S/c1-16(36)34-10-12-35(13-11-34)21-29-20(30-22(31-21)40-15-24(25,26)27)28-18-6-4-17(5-7-18)19(37)32-41(38,39)23(8-9-23)14-33(2)3/h4-7H,8-15H2,1-3H3,(H,32,37)(H,28,29,30,31). The van der Waals surface area contributed by atoms with Crippen molar-refractivity contribution in [2.75, 3.05) is 63.6 Å². The van der Waals surface area contributed by atoms with Crippen molar-refractivity contribution in [3.05, 3.63) is 29.8 Å². The van der Waals surface area contributed by atoms with E-state index in [0.29, 0.717) is 51.3 Å². The molecule has 2 amide bonds. The second-order valence-corrected chi connectivity index (χ2v) is 12.3. The van der Waals surface area contributed by atoms with Gasteiger partial charge in [0.05, 0.1) is 0 Å². The van der Waals surface area contributed by atoms with E-state index in [2.05, 4.69) is 25.0 Å². The molecular formula is C24H31F3N8O5S. The summed E-state index contributed by atoms with van der Waals surface area (Å²) < 4.78 is 69.8. The van der Waals surface area contributed by atoms with Crippen LogP contribution in [0.2, 0.25) is 0 Å².